The van der Waals surface area contributed by atoms with Crippen LogP contribution in [-0.4, -0.2) is 16.8 Å². The molecule has 2 amide bonds. The Morgan fingerprint density at radius 1 is 1.04 bits per heavy atom. The van der Waals surface area contributed by atoms with E-state index in [-0.39, 0.29) is 11.8 Å². The summed E-state index contributed by atoms with van der Waals surface area (Å²) in [7, 11) is 0. The lowest BCUT2D eigenvalue weighted by atomic mass is 10.1. The van der Waals surface area contributed by atoms with Crippen molar-refractivity contribution in [2.45, 2.75) is 0 Å². The van der Waals surface area contributed by atoms with Gasteiger partial charge in [0.1, 0.15) is 0 Å². The van der Waals surface area contributed by atoms with Crippen molar-refractivity contribution in [3.8, 4) is 0 Å². The van der Waals surface area contributed by atoms with Gasteiger partial charge in [-0.15, -0.1) is 11.3 Å². The summed E-state index contributed by atoms with van der Waals surface area (Å²) in [6.07, 6.45) is 3.16. The number of anilines is 3. The summed E-state index contributed by atoms with van der Waals surface area (Å²) in [4.78, 5) is 31.0. The third-order valence-corrected chi connectivity index (χ3v) is 4.38. The minimum atomic E-state index is -0.210. The third-order valence-electron chi connectivity index (χ3n) is 3.65. The molecule has 5 nitrogen and oxygen atoms in total. The first-order valence-corrected chi connectivity index (χ1v) is 7.91. The fraction of sp³-hybridized carbons (Fsp3) is 0. The maximum atomic E-state index is 13.0. The zero-order chi connectivity index (χ0) is 15.8. The molecular formula is C17H11N3O2S. The Balaban J connectivity index is 1.94. The highest BCUT2D eigenvalue weighted by atomic mass is 32.1. The largest absolute Gasteiger partial charge is 0.320 e. The first-order valence-electron chi connectivity index (χ1n) is 6.97. The minimum absolute atomic E-state index is 0.198. The number of hydrogen-bond acceptors (Lipinski definition) is 4. The quantitative estimate of drug-likeness (QED) is 0.743. The van der Waals surface area contributed by atoms with Crippen LogP contribution >= 0.6 is 11.3 Å². The van der Waals surface area contributed by atoms with E-state index in [1.165, 1.54) is 11.3 Å². The number of rotatable bonds is 1. The van der Waals surface area contributed by atoms with Crippen LogP contribution in [0.25, 0.3) is 0 Å². The Morgan fingerprint density at radius 2 is 1.83 bits per heavy atom. The molecular weight excluding hydrogens is 310 g/mol. The summed E-state index contributed by atoms with van der Waals surface area (Å²) in [6, 6.07) is 10.6. The molecule has 1 N–H and O–H groups in total. The van der Waals surface area contributed by atoms with E-state index < -0.39 is 0 Å². The number of nitrogens with one attached hydrogen (secondary N) is 1. The van der Waals surface area contributed by atoms with Gasteiger partial charge in [0.2, 0.25) is 0 Å². The molecule has 0 spiro atoms. The summed E-state index contributed by atoms with van der Waals surface area (Å²) in [5.41, 5.74) is 2.87. The van der Waals surface area contributed by atoms with E-state index in [4.69, 9.17) is 0 Å². The van der Waals surface area contributed by atoms with Crippen LogP contribution in [0.3, 0.4) is 0 Å². The second-order valence-corrected chi connectivity index (χ2v) is 5.76. The van der Waals surface area contributed by atoms with Crippen LogP contribution in [0, 0.1) is 0 Å². The van der Waals surface area contributed by atoms with Crippen molar-refractivity contribution in [3.05, 3.63) is 70.7 Å². The van der Waals surface area contributed by atoms with Crippen LogP contribution in [0.15, 0.2) is 59.6 Å². The fourth-order valence-electron chi connectivity index (χ4n) is 2.57. The summed E-state index contributed by atoms with van der Waals surface area (Å²) in [5, 5.41) is 6.43. The second kappa shape index (κ2) is 5.33. The van der Waals surface area contributed by atoms with Gasteiger partial charge in [-0.05, 0) is 24.3 Å². The molecule has 0 bridgehead atoms. The molecule has 1 aromatic carbocycles. The van der Waals surface area contributed by atoms with Gasteiger partial charge in [-0.3, -0.25) is 19.5 Å². The standard InChI is InChI=1S/C17H11N3O2S/c21-16-12-9-23-10-15(12)20(14-4-2-1-3-13(14)19-16)17(22)11-5-7-18-8-6-11/h1-10H,(H,19,21). The van der Waals surface area contributed by atoms with E-state index in [0.29, 0.717) is 28.2 Å². The molecule has 0 unspecified atom stereocenters. The monoisotopic (exact) mass is 321 g/mol. The molecule has 0 atom stereocenters. The van der Waals surface area contributed by atoms with E-state index in [2.05, 4.69) is 10.3 Å². The van der Waals surface area contributed by atoms with Crippen molar-refractivity contribution >= 4 is 40.2 Å². The van der Waals surface area contributed by atoms with Crippen LogP contribution in [-0.2, 0) is 0 Å². The van der Waals surface area contributed by atoms with Crippen LogP contribution in [0.5, 0.6) is 0 Å². The van der Waals surface area contributed by atoms with E-state index >= 15 is 0 Å². The topological polar surface area (TPSA) is 62.3 Å². The maximum absolute atomic E-state index is 13.0. The second-order valence-electron chi connectivity index (χ2n) is 5.02. The lowest BCUT2D eigenvalue weighted by Gasteiger charge is -2.22. The molecule has 0 aliphatic carbocycles. The van der Waals surface area contributed by atoms with Gasteiger partial charge in [0, 0.05) is 28.7 Å². The summed E-state index contributed by atoms with van der Waals surface area (Å²) < 4.78 is 0. The normalized spacial score (nSPS) is 12.9. The summed E-state index contributed by atoms with van der Waals surface area (Å²) >= 11 is 1.39. The number of para-hydroxylation sites is 2. The van der Waals surface area contributed by atoms with Gasteiger partial charge in [0.25, 0.3) is 11.8 Å². The molecule has 3 heterocycles. The molecule has 0 radical (unpaired) electrons. The van der Waals surface area contributed by atoms with Gasteiger partial charge in [-0.25, -0.2) is 0 Å². The molecule has 6 heteroatoms. The number of hydrogen-bond donors (Lipinski definition) is 1. The van der Waals surface area contributed by atoms with Crippen molar-refractivity contribution in [2.75, 3.05) is 10.2 Å². The van der Waals surface area contributed by atoms with E-state index in [1.54, 1.807) is 40.9 Å². The van der Waals surface area contributed by atoms with E-state index in [1.807, 2.05) is 23.6 Å². The van der Waals surface area contributed by atoms with Gasteiger partial charge in [0.15, 0.2) is 0 Å². The zero-order valence-corrected chi connectivity index (χ0v) is 12.7. The number of thiophene rings is 1. The Morgan fingerprint density at radius 3 is 2.65 bits per heavy atom. The Kier molecular flexibility index (Phi) is 3.17. The summed E-state index contributed by atoms with van der Waals surface area (Å²) in [5.74, 6) is -0.408. The molecule has 0 saturated heterocycles. The average molecular weight is 321 g/mol. The Hall–Kier alpha value is -2.99. The maximum Gasteiger partial charge on any atom is 0.263 e. The Bertz CT molecular complexity index is 905. The van der Waals surface area contributed by atoms with Crippen LogP contribution < -0.4 is 10.2 Å². The number of benzene rings is 1. The molecule has 0 fully saturated rings. The molecule has 0 saturated carbocycles. The lowest BCUT2D eigenvalue weighted by Crippen LogP contribution is -2.26. The number of carbonyl (C=O) groups is 2. The summed E-state index contributed by atoms with van der Waals surface area (Å²) in [6.45, 7) is 0. The van der Waals surface area contributed by atoms with Gasteiger partial charge >= 0.3 is 0 Å². The number of nitrogens with zero attached hydrogens (tertiary/aromatic N) is 2. The number of pyridine rings is 1. The van der Waals surface area contributed by atoms with Crippen LogP contribution in [0.1, 0.15) is 20.7 Å². The van der Waals surface area contributed by atoms with Crippen molar-refractivity contribution in [1.29, 1.82) is 0 Å². The van der Waals surface area contributed by atoms with Gasteiger partial charge in [-0.1, -0.05) is 12.1 Å². The van der Waals surface area contributed by atoms with Gasteiger partial charge < -0.3 is 5.32 Å². The van der Waals surface area contributed by atoms with Crippen LogP contribution in [0.4, 0.5) is 17.1 Å². The molecule has 1 aliphatic heterocycles. The molecule has 3 aromatic rings. The fourth-order valence-corrected chi connectivity index (χ4v) is 3.36. The van der Waals surface area contributed by atoms with Crippen LogP contribution in [0.2, 0.25) is 0 Å². The predicted octanol–water partition coefficient (Wildman–Crippen LogP) is 3.69. The first-order chi connectivity index (χ1) is 11.3. The number of amides is 2. The van der Waals surface area contributed by atoms with Crippen molar-refractivity contribution in [3.63, 3.8) is 0 Å². The molecule has 1 aliphatic rings. The zero-order valence-electron chi connectivity index (χ0n) is 11.9. The third kappa shape index (κ3) is 2.20. The highest BCUT2D eigenvalue weighted by Gasteiger charge is 2.30. The van der Waals surface area contributed by atoms with Gasteiger partial charge in [0.05, 0.1) is 22.6 Å². The van der Waals surface area contributed by atoms with E-state index in [0.717, 1.165) is 0 Å². The lowest BCUT2D eigenvalue weighted by molar-refractivity contribution is 0.0999. The molecule has 2 aromatic heterocycles. The average Bonchev–Trinajstić information content (AvgIpc) is 3.03. The van der Waals surface area contributed by atoms with Crippen molar-refractivity contribution in [2.24, 2.45) is 0 Å². The smallest absolute Gasteiger partial charge is 0.263 e. The number of carbonyl (C=O) groups excluding carboxylic acids is 2. The molecule has 4 rings (SSSR count). The molecule has 112 valence electrons. The van der Waals surface area contributed by atoms with Crippen molar-refractivity contribution < 1.29 is 9.59 Å². The first kappa shape index (κ1) is 13.7. The predicted molar refractivity (Wildman–Crippen MR) is 89.4 cm³/mol. The van der Waals surface area contributed by atoms with Gasteiger partial charge in [-0.2, -0.15) is 0 Å². The SMILES string of the molecule is O=C1Nc2ccccc2N(C(=O)c2ccncc2)c2cscc21. The minimum Gasteiger partial charge on any atom is -0.320 e. The highest BCUT2D eigenvalue weighted by molar-refractivity contribution is 7.08. The Labute approximate surface area is 136 Å². The molecule has 23 heavy (non-hydrogen) atoms. The number of aromatic nitrogens is 1. The number of fused-ring (bicyclic) bond motifs is 2. The van der Waals surface area contributed by atoms with E-state index in [9.17, 15) is 9.59 Å². The highest BCUT2D eigenvalue weighted by Crippen LogP contribution is 2.40. The van der Waals surface area contributed by atoms with Crippen molar-refractivity contribution in [1.82, 2.24) is 4.98 Å².